The van der Waals surface area contributed by atoms with E-state index in [1.165, 1.54) is 13.1 Å². The highest BCUT2D eigenvalue weighted by molar-refractivity contribution is 7.89. The molecule has 112 valence electrons. The van der Waals surface area contributed by atoms with Crippen molar-refractivity contribution in [1.82, 2.24) is 9.29 Å². The molecular weight excluding hydrogens is 293 g/mol. The van der Waals surface area contributed by atoms with Gasteiger partial charge in [0.15, 0.2) is 0 Å². The third-order valence-electron chi connectivity index (χ3n) is 2.99. The van der Waals surface area contributed by atoms with Crippen molar-refractivity contribution in [1.29, 1.82) is 0 Å². The van der Waals surface area contributed by atoms with E-state index in [4.69, 9.17) is 5.73 Å². The van der Waals surface area contributed by atoms with Crippen molar-refractivity contribution in [2.45, 2.75) is 18.4 Å². The molecule has 2 N–H and O–H groups in total. The van der Waals surface area contributed by atoms with Gasteiger partial charge in [0.25, 0.3) is 0 Å². The van der Waals surface area contributed by atoms with Crippen molar-refractivity contribution in [3.05, 3.63) is 53.6 Å². The predicted molar refractivity (Wildman–Crippen MR) is 78.4 cm³/mol. The second-order valence-corrected chi connectivity index (χ2v) is 6.73. The molecule has 0 aliphatic heterocycles. The minimum Gasteiger partial charge on any atom is -0.398 e. The molecule has 1 heterocycles. The number of rotatable bonds is 4. The quantitative estimate of drug-likeness (QED) is 0.876. The van der Waals surface area contributed by atoms with Crippen LogP contribution in [0.3, 0.4) is 0 Å². The van der Waals surface area contributed by atoms with E-state index in [1.54, 1.807) is 12.1 Å². The molecule has 2 rings (SSSR count). The van der Waals surface area contributed by atoms with Gasteiger partial charge < -0.3 is 5.73 Å². The number of aryl methyl sites for hydroxylation is 1. The highest BCUT2D eigenvalue weighted by atomic mass is 32.2. The third-order valence-corrected chi connectivity index (χ3v) is 4.85. The van der Waals surface area contributed by atoms with Crippen molar-refractivity contribution in [2.75, 3.05) is 12.8 Å². The van der Waals surface area contributed by atoms with E-state index >= 15 is 0 Å². The normalized spacial score (nSPS) is 11.8. The summed E-state index contributed by atoms with van der Waals surface area (Å²) in [5.74, 6) is -0.648. The van der Waals surface area contributed by atoms with Crippen molar-refractivity contribution >= 4 is 15.7 Å². The molecule has 0 aliphatic rings. The van der Waals surface area contributed by atoms with Gasteiger partial charge in [-0.1, -0.05) is 6.07 Å². The Balaban J connectivity index is 2.33. The van der Waals surface area contributed by atoms with Gasteiger partial charge in [0.1, 0.15) is 10.7 Å². The van der Waals surface area contributed by atoms with E-state index in [1.807, 2.05) is 13.0 Å². The Morgan fingerprint density at radius 1 is 1.29 bits per heavy atom. The number of anilines is 1. The van der Waals surface area contributed by atoms with Gasteiger partial charge in [0, 0.05) is 12.7 Å². The molecule has 0 amide bonds. The minimum atomic E-state index is -3.87. The average Bonchev–Trinajstić information content (AvgIpc) is 2.41. The molecule has 0 bridgehead atoms. The van der Waals surface area contributed by atoms with Gasteiger partial charge in [-0.15, -0.1) is 0 Å². The molecule has 0 unspecified atom stereocenters. The van der Waals surface area contributed by atoms with Crippen LogP contribution in [-0.2, 0) is 16.6 Å². The van der Waals surface area contributed by atoms with Crippen LogP contribution in [0.15, 0.2) is 41.3 Å². The number of nitrogens with two attached hydrogens (primary N) is 1. The maximum absolute atomic E-state index is 13.3. The van der Waals surface area contributed by atoms with Crippen LogP contribution in [0.5, 0.6) is 0 Å². The molecule has 0 radical (unpaired) electrons. The summed E-state index contributed by atoms with van der Waals surface area (Å²) in [5, 5.41) is 0. The van der Waals surface area contributed by atoms with Crippen LogP contribution >= 0.6 is 0 Å². The van der Waals surface area contributed by atoms with E-state index < -0.39 is 15.8 Å². The second kappa shape index (κ2) is 5.79. The van der Waals surface area contributed by atoms with E-state index in [-0.39, 0.29) is 17.1 Å². The lowest BCUT2D eigenvalue weighted by Crippen LogP contribution is -2.27. The Morgan fingerprint density at radius 2 is 2.00 bits per heavy atom. The molecule has 7 heteroatoms. The Kier molecular flexibility index (Phi) is 4.24. The predicted octanol–water partition coefficient (Wildman–Crippen LogP) is 1.93. The number of nitrogen functional groups attached to an aromatic ring is 1. The molecule has 0 saturated heterocycles. The summed E-state index contributed by atoms with van der Waals surface area (Å²) < 4.78 is 39.3. The maximum Gasteiger partial charge on any atom is 0.245 e. The van der Waals surface area contributed by atoms with Crippen LogP contribution in [0.1, 0.15) is 11.4 Å². The van der Waals surface area contributed by atoms with Crippen molar-refractivity contribution < 1.29 is 12.8 Å². The molecule has 0 saturated carbocycles. The topological polar surface area (TPSA) is 76.3 Å². The molecule has 0 fully saturated rings. The van der Waals surface area contributed by atoms with Gasteiger partial charge in [-0.25, -0.2) is 12.8 Å². The Bertz CT molecular complexity index is 763. The number of benzene rings is 1. The summed E-state index contributed by atoms with van der Waals surface area (Å²) in [6, 6.07) is 8.63. The smallest absolute Gasteiger partial charge is 0.245 e. The van der Waals surface area contributed by atoms with Gasteiger partial charge in [0.2, 0.25) is 10.0 Å². The largest absolute Gasteiger partial charge is 0.398 e. The number of hydrogen-bond donors (Lipinski definition) is 1. The SMILES string of the molecule is Cc1cccc(CN(C)S(=O)(=O)c2cc(F)ccc2N)n1. The summed E-state index contributed by atoms with van der Waals surface area (Å²) in [5.41, 5.74) is 7.06. The molecule has 1 aromatic heterocycles. The van der Waals surface area contributed by atoms with Crippen LogP contribution in [0.4, 0.5) is 10.1 Å². The van der Waals surface area contributed by atoms with Gasteiger partial charge in [0.05, 0.1) is 17.9 Å². The summed E-state index contributed by atoms with van der Waals surface area (Å²) in [6.45, 7) is 1.91. The number of hydrogen-bond acceptors (Lipinski definition) is 4. The van der Waals surface area contributed by atoms with Gasteiger partial charge in [-0.2, -0.15) is 4.31 Å². The third kappa shape index (κ3) is 3.37. The fourth-order valence-electron chi connectivity index (χ4n) is 1.90. The standard InChI is InChI=1S/C14H16FN3O2S/c1-10-4-3-5-12(17-10)9-18(2)21(19,20)14-8-11(15)6-7-13(14)16/h3-8H,9,16H2,1-2H3. The molecule has 21 heavy (non-hydrogen) atoms. The Hall–Kier alpha value is -1.99. The van der Waals surface area contributed by atoms with Gasteiger partial charge in [-0.3, -0.25) is 4.98 Å². The zero-order valence-electron chi connectivity index (χ0n) is 11.7. The van der Waals surface area contributed by atoms with Crippen LogP contribution in [0.25, 0.3) is 0 Å². The lowest BCUT2D eigenvalue weighted by atomic mass is 10.3. The first-order valence-corrected chi connectivity index (χ1v) is 7.68. The zero-order valence-corrected chi connectivity index (χ0v) is 12.6. The maximum atomic E-state index is 13.3. The number of aromatic nitrogens is 1. The Labute approximate surface area is 123 Å². The molecule has 0 spiro atoms. The summed E-state index contributed by atoms with van der Waals surface area (Å²) in [6.07, 6.45) is 0. The van der Waals surface area contributed by atoms with E-state index in [0.717, 1.165) is 22.1 Å². The van der Waals surface area contributed by atoms with E-state index in [9.17, 15) is 12.8 Å². The van der Waals surface area contributed by atoms with E-state index in [2.05, 4.69) is 4.98 Å². The summed E-state index contributed by atoms with van der Waals surface area (Å²) >= 11 is 0. The van der Waals surface area contributed by atoms with Gasteiger partial charge in [-0.05, 0) is 37.3 Å². The monoisotopic (exact) mass is 309 g/mol. The van der Waals surface area contributed by atoms with Crippen molar-refractivity contribution in [3.8, 4) is 0 Å². The number of pyridine rings is 1. The molecule has 0 atom stereocenters. The summed E-state index contributed by atoms with van der Waals surface area (Å²) in [4.78, 5) is 4.01. The first-order chi connectivity index (χ1) is 9.80. The molecular formula is C14H16FN3O2S. The molecule has 5 nitrogen and oxygen atoms in total. The number of nitrogens with zero attached hydrogens (tertiary/aromatic N) is 2. The fraction of sp³-hybridized carbons (Fsp3) is 0.214. The molecule has 2 aromatic rings. The first-order valence-electron chi connectivity index (χ1n) is 6.24. The van der Waals surface area contributed by atoms with Crippen molar-refractivity contribution in [3.63, 3.8) is 0 Å². The number of halogens is 1. The van der Waals surface area contributed by atoms with Crippen LogP contribution < -0.4 is 5.73 Å². The van der Waals surface area contributed by atoms with Crippen LogP contribution in [-0.4, -0.2) is 24.8 Å². The lowest BCUT2D eigenvalue weighted by molar-refractivity contribution is 0.461. The Morgan fingerprint density at radius 3 is 2.67 bits per heavy atom. The van der Waals surface area contributed by atoms with Gasteiger partial charge >= 0.3 is 0 Å². The van der Waals surface area contributed by atoms with Crippen LogP contribution in [0.2, 0.25) is 0 Å². The highest BCUT2D eigenvalue weighted by Gasteiger charge is 2.24. The summed E-state index contributed by atoms with van der Waals surface area (Å²) in [7, 11) is -2.47. The second-order valence-electron chi connectivity index (χ2n) is 4.71. The minimum absolute atomic E-state index is 0.0143. The zero-order chi connectivity index (χ0) is 15.6. The number of sulfonamides is 1. The van der Waals surface area contributed by atoms with E-state index in [0.29, 0.717) is 5.69 Å². The highest BCUT2D eigenvalue weighted by Crippen LogP contribution is 2.23. The van der Waals surface area contributed by atoms with Crippen molar-refractivity contribution in [2.24, 2.45) is 0 Å². The first kappa shape index (κ1) is 15.4. The lowest BCUT2D eigenvalue weighted by Gasteiger charge is -2.18. The molecule has 1 aromatic carbocycles. The fourth-order valence-corrected chi connectivity index (χ4v) is 3.17. The van der Waals surface area contributed by atoms with Crippen LogP contribution in [0, 0.1) is 12.7 Å². The average molecular weight is 309 g/mol. The molecule has 0 aliphatic carbocycles.